The summed E-state index contributed by atoms with van der Waals surface area (Å²) in [4.78, 5) is 38.5. The molecule has 4 atom stereocenters. The minimum Gasteiger partial charge on any atom is -0.423 e. The molecule has 4 rings (SSSR count). The summed E-state index contributed by atoms with van der Waals surface area (Å²) in [5, 5.41) is 0. The van der Waals surface area contributed by atoms with Crippen LogP contribution in [0.25, 0.3) is 0 Å². The predicted octanol–water partition coefficient (Wildman–Crippen LogP) is 2.48. The van der Waals surface area contributed by atoms with Gasteiger partial charge in [0.05, 0.1) is 17.5 Å². The molecule has 0 radical (unpaired) electrons. The van der Waals surface area contributed by atoms with E-state index in [1.54, 1.807) is 31.2 Å². The average Bonchev–Trinajstić information content (AvgIpc) is 3.21. The second-order valence-corrected chi connectivity index (χ2v) is 6.68. The predicted molar refractivity (Wildman–Crippen MR) is 87.1 cm³/mol. The monoisotopic (exact) mass is 323 g/mol. The van der Waals surface area contributed by atoms with Crippen molar-refractivity contribution in [2.45, 2.75) is 13.3 Å². The number of hydrogen-bond acceptors (Lipinski definition) is 4. The standard InChI is InChI=1S/C19H17NO4/c1-10(2)19(23)24-14-5-3-4-13(9-14)20-17(21)15-11-6-7-12(8-11)16(15)18(20)22/h3-7,9,11-12,15-16H,1,8H2,2H3. The van der Waals surface area contributed by atoms with Crippen LogP contribution in [0.15, 0.2) is 48.6 Å². The topological polar surface area (TPSA) is 63.7 Å². The molecule has 1 aromatic carbocycles. The smallest absolute Gasteiger partial charge is 0.338 e. The van der Waals surface area contributed by atoms with Crippen LogP contribution in [0.3, 0.4) is 0 Å². The van der Waals surface area contributed by atoms with Gasteiger partial charge >= 0.3 is 5.97 Å². The summed E-state index contributed by atoms with van der Waals surface area (Å²) in [6, 6.07) is 6.51. The van der Waals surface area contributed by atoms with Crippen molar-refractivity contribution < 1.29 is 19.1 Å². The maximum absolute atomic E-state index is 12.8. The first-order valence-corrected chi connectivity index (χ1v) is 8.01. The molecule has 0 N–H and O–H groups in total. The van der Waals surface area contributed by atoms with Crippen molar-refractivity contribution in [2.24, 2.45) is 23.7 Å². The lowest BCUT2D eigenvalue weighted by Crippen LogP contribution is -2.32. The summed E-state index contributed by atoms with van der Waals surface area (Å²) in [5.41, 5.74) is 0.733. The summed E-state index contributed by atoms with van der Waals surface area (Å²) < 4.78 is 5.20. The van der Waals surface area contributed by atoms with E-state index >= 15 is 0 Å². The number of imide groups is 1. The Morgan fingerprint density at radius 3 is 2.38 bits per heavy atom. The molecule has 122 valence electrons. The Kier molecular flexibility index (Phi) is 3.20. The number of benzene rings is 1. The minimum atomic E-state index is -0.537. The highest BCUT2D eigenvalue weighted by Crippen LogP contribution is 2.53. The average molecular weight is 323 g/mol. The number of hydrogen-bond donors (Lipinski definition) is 0. The van der Waals surface area contributed by atoms with Gasteiger partial charge < -0.3 is 4.74 Å². The van der Waals surface area contributed by atoms with E-state index < -0.39 is 5.97 Å². The first kappa shape index (κ1) is 14.9. The largest absolute Gasteiger partial charge is 0.423 e. The highest BCUT2D eigenvalue weighted by Gasteiger charge is 2.59. The van der Waals surface area contributed by atoms with E-state index in [1.807, 2.05) is 0 Å². The van der Waals surface area contributed by atoms with E-state index in [1.165, 1.54) is 4.90 Å². The molecule has 5 nitrogen and oxygen atoms in total. The zero-order chi connectivity index (χ0) is 17.0. The number of fused-ring (bicyclic) bond motifs is 5. The molecule has 1 saturated heterocycles. The van der Waals surface area contributed by atoms with Crippen molar-refractivity contribution in [1.82, 2.24) is 0 Å². The van der Waals surface area contributed by atoms with Crippen LogP contribution in [0.2, 0.25) is 0 Å². The Hall–Kier alpha value is -2.69. The zero-order valence-corrected chi connectivity index (χ0v) is 13.3. The molecule has 2 aliphatic carbocycles. The van der Waals surface area contributed by atoms with Crippen LogP contribution in [-0.4, -0.2) is 17.8 Å². The Labute approximate surface area is 139 Å². The molecular formula is C19H17NO4. The highest BCUT2D eigenvalue weighted by atomic mass is 16.5. The Morgan fingerprint density at radius 1 is 1.17 bits per heavy atom. The molecule has 4 unspecified atom stereocenters. The molecule has 1 heterocycles. The normalized spacial score (nSPS) is 30.0. The third-order valence-electron chi connectivity index (χ3n) is 5.11. The molecular weight excluding hydrogens is 306 g/mol. The van der Waals surface area contributed by atoms with E-state index in [2.05, 4.69) is 18.7 Å². The number of ether oxygens (including phenoxy) is 1. The van der Waals surface area contributed by atoms with Crippen molar-refractivity contribution in [1.29, 1.82) is 0 Å². The lowest BCUT2D eigenvalue weighted by molar-refractivity contribution is -0.130. The molecule has 2 fully saturated rings. The summed E-state index contributed by atoms with van der Waals surface area (Å²) in [6.07, 6.45) is 5.02. The van der Waals surface area contributed by atoms with Crippen molar-refractivity contribution in [2.75, 3.05) is 4.90 Å². The SMILES string of the molecule is C=C(C)C(=O)Oc1cccc(N2C(=O)C3C4C=CC(C4)C3C2=O)c1. The number of amides is 2. The van der Waals surface area contributed by atoms with Crippen LogP contribution >= 0.6 is 0 Å². The van der Waals surface area contributed by atoms with Crippen molar-refractivity contribution in [3.63, 3.8) is 0 Å². The number of carbonyl (C=O) groups is 3. The van der Waals surface area contributed by atoms with Crippen LogP contribution in [-0.2, 0) is 14.4 Å². The number of nitrogens with zero attached hydrogens (tertiary/aromatic N) is 1. The number of anilines is 1. The van der Waals surface area contributed by atoms with Crippen LogP contribution in [0.1, 0.15) is 13.3 Å². The summed E-state index contributed by atoms with van der Waals surface area (Å²) in [6.45, 7) is 5.10. The zero-order valence-electron chi connectivity index (χ0n) is 13.3. The van der Waals surface area contributed by atoms with Gasteiger partial charge in [-0.25, -0.2) is 9.69 Å². The summed E-state index contributed by atoms with van der Waals surface area (Å²) in [5.74, 6) is -0.681. The number of allylic oxidation sites excluding steroid dienone is 2. The Morgan fingerprint density at radius 2 is 1.79 bits per heavy atom. The van der Waals surface area contributed by atoms with Gasteiger partial charge in [0.15, 0.2) is 0 Å². The first-order chi connectivity index (χ1) is 11.5. The van der Waals surface area contributed by atoms with E-state index in [0.717, 1.165) is 6.42 Å². The van der Waals surface area contributed by atoms with E-state index in [4.69, 9.17) is 4.74 Å². The lowest BCUT2D eigenvalue weighted by Gasteiger charge is -2.18. The van der Waals surface area contributed by atoms with Crippen LogP contribution in [0, 0.1) is 23.7 Å². The molecule has 1 saturated carbocycles. The third-order valence-corrected chi connectivity index (χ3v) is 5.11. The first-order valence-electron chi connectivity index (χ1n) is 8.01. The second kappa shape index (κ2) is 5.16. The third kappa shape index (κ3) is 2.04. The van der Waals surface area contributed by atoms with Gasteiger partial charge in [-0.3, -0.25) is 9.59 Å². The Bertz CT molecular complexity index is 779. The van der Waals surface area contributed by atoms with E-state index in [-0.39, 0.29) is 41.1 Å². The Balaban J connectivity index is 1.63. The molecule has 24 heavy (non-hydrogen) atoms. The molecule has 2 amide bonds. The van der Waals surface area contributed by atoms with Crippen molar-refractivity contribution >= 4 is 23.5 Å². The van der Waals surface area contributed by atoms with Gasteiger partial charge in [0.1, 0.15) is 5.75 Å². The number of rotatable bonds is 3. The highest BCUT2D eigenvalue weighted by molar-refractivity contribution is 6.22. The molecule has 3 aliphatic rings. The van der Waals surface area contributed by atoms with Gasteiger partial charge in [-0.15, -0.1) is 0 Å². The van der Waals surface area contributed by atoms with Gasteiger partial charge in [0.2, 0.25) is 11.8 Å². The molecule has 2 bridgehead atoms. The molecule has 5 heteroatoms. The van der Waals surface area contributed by atoms with E-state index in [9.17, 15) is 14.4 Å². The molecule has 0 spiro atoms. The van der Waals surface area contributed by atoms with Crippen LogP contribution in [0.4, 0.5) is 5.69 Å². The van der Waals surface area contributed by atoms with Gasteiger partial charge in [-0.2, -0.15) is 0 Å². The van der Waals surface area contributed by atoms with Gasteiger partial charge in [0, 0.05) is 11.6 Å². The summed E-state index contributed by atoms with van der Waals surface area (Å²) in [7, 11) is 0. The van der Waals surface area contributed by atoms with Crippen LogP contribution in [0.5, 0.6) is 5.75 Å². The van der Waals surface area contributed by atoms with Crippen molar-refractivity contribution in [3.05, 3.63) is 48.6 Å². The fourth-order valence-electron chi connectivity index (χ4n) is 4.04. The molecule has 0 aromatic heterocycles. The fourth-order valence-corrected chi connectivity index (χ4v) is 4.04. The quantitative estimate of drug-likeness (QED) is 0.282. The number of carbonyl (C=O) groups excluding carboxylic acids is 3. The fraction of sp³-hybridized carbons (Fsp3) is 0.316. The van der Waals surface area contributed by atoms with Gasteiger partial charge in [-0.05, 0) is 37.3 Å². The molecule has 1 aliphatic heterocycles. The maximum atomic E-state index is 12.8. The lowest BCUT2D eigenvalue weighted by atomic mass is 9.85. The minimum absolute atomic E-state index is 0.148. The van der Waals surface area contributed by atoms with Gasteiger partial charge in [0.25, 0.3) is 0 Å². The van der Waals surface area contributed by atoms with E-state index in [0.29, 0.717) is 11.4 Å². The number of esters is 1. The maximum Gasteiger partial charge on any atom is 0.338 e. The summed E-state index contributed by atoms with van der Waals surface area (Å²) >= 11 is 0. The van der Waals surface area contributed by atoms with Gasteiger partial charge in [-0.1, -0.05) is 24.8 Å². The second-order valence-electron chi connectivity index (χ2n) is 6.68. The molecule has 1 aromatic rings. The van der Waals surface area contributed by atoms with Crippen molar-refractivity contribution in [3.8, 4) is 5.75 Å². The van der Waals surface area contributed by atoms with Crippen LogP contribution < -0.4 is 9.64 Å².